The molecule has 0 radical (unpaired) electrons. The summed E-state index contributed by atoms with van der Waals surface area (Å²) in [7, 11) is 1.18. The summed E-state index contributed by atoms with van der Waals surface area (Å²) < 4.78 is 11.9. The van der Waals surface area contributed by atoms with E-state index in [0.29, 0.717) is 5.75 Å². The minimum absolute atomic E-state index is 0.155. The first-order valence-electron chi connectivity index (χ1n) is 7.42. The van der Waals surface area contributed by atoms with E-state index in [2.05, 4.69) is 48.6 Å². The summed E-state index contributed by atoms with van der Waals surface area (Å²) in [5.74, 6) is 1.45. The number of benzene rings is 2. The molecule has 0 aliphatic rings. The summed E-state index contributed by atoms with van der Waals surface area (Å²) in [5.41, 5.74) is 3.63. The standard InChI is InChI=1S/C18H23NOS/c1-3-13-21(20)14-18(19-2)17-11-9-16(10-12-17)15-7-5-4-6-8-15/h4-12,18-19H,3,13-14H2,1-2H3. The normalized spacial score (nSPS) is 13.8. The first kappa shape index (κ1) is 15.9. The van der Waals surface area contributed by atoms with Crippen molar-refractivity contribution >= 4 is 10.8 Å². The van der Waals surface area contributed by atoms with E-state index in [1.54, 1.807) is 0 Å². The molecule has 3 heteroatoms. The molecular weight excluding hydrogens is 278 g/mol. The van der Waals surface area contributed by atoms with Crippen molar-refractivity contribution in [1.82, 2.24) is 5.32 Å². The van der Waals surface area contributed by atoms with Crippen LogP contribution in [0.2, 0.25) is 0 Å². The molecule has 0 aliphatic carbocycles. The molecule has 1 N–H and O–H groups in total. The fraction of sp³-hybridized carbons (Fsp3) is 0.333. The summed E-state index contributed by atoms with van der Waals surface area (Å²) in [6, 6.07) is 19.0. The molecule has 0 saturated carbocycles. The maximum atomic E-state index is 11.9. The van der Waals surface area contributed by atoms with Crippen LogP contribution in [0.25, 0.3) is 11.1 Å². The topological polar surface area (TPSA) is 29.1 Å². The summed E-state index contributed by atoms with van der Waals surface area (Å²) in [5, 5.41) is 3.27. The van der Waals surface area contributed by atoms with Crippen LogP contribution in [-0.2, 0) is 10.8 Å². The highest BCUT2D eigenvalue weighted by Gasteiger charge is 2.12. The average molecular weight is 301 g/mol. The van der Waals surface area contributed by atoms with Gasteiger partial charge in [-0.1, -0.05) is 61.5 Å². The van der Waals surface area contributed by atoms with Gasteiger partial charge in [0.25, 0.3) is 0 Å². The van der Waals surface area contributed by atoms with Gasteiger partial charge in [-0.3, -0.25) is 4.21 Å². The van der Waals surface area contributed by atoms with Gasteiger partial charge in [-0.25, -0.2) is 0 Å². The molecule has 0 saturated heterocycles. The van der Waals surface area contributed by atoms with Crippen LogP contribution in [0.5, 0.6) is 0 Å². The lowest BCUT2D eigenvalue weighted by molar-refractivity contribution is 0.635. The van der Waals surface area contributed by atoms with Gasteiger partial charge < -0.3 is 5.32 Å². The molecule has 0 aliphatic heterocycles. The van der Waals surface area contributed by atoms with Crippen LogP contribution in [0.4, 0.5) is 0 Å². The van der Waals surface area contributed by atoms with E-state index >= 15 is 0 Å². The Balaban J connectivity index is 2.11. The van der Waals surface area contributed by atoms with E-state index in [-0.39, 0.29) is 6.04 Å². The van der Waals surface area contributed by atoms with E-state index in [0.717, 1.165) is 12.2 Å². The van der Waals surface area contributed by atoms with Gasteiger partial charge in [-0.15, -0.1) is 0 Å². The summed E-state index contributed by atoms with van der Waals surface area (Å²) in [4.78, 5) is 0. The maximum absolute atomic E-state index is 11.9. The van der Waals surface area contributed by atoms with Crippen LogP contribution in [0.15, 0.2) is 54.6 Å². The van der Waals surface area contributed by atoms with Gasteiger partial charge in [0, 0.05) is 28.3 Å². The minimum atomic E-state index is -0.754. The van der Waals surface area contributed by atoms with Gasteiger partial charge in [-0.05, 0) is 30.2 Å². The van der Waals surface area contributed by atoms with Crippen molar-refractivity contribution in [3.63, 3.8) is 0 Å². The molecule has 2 rings (SSSR count). The number of hydrogen-bond acceptors (Lipinski definition) is 2. The molecule has 2 nitrogen and oxygen atoms in total. The van der Waals surface area contributed by atoms with Gasteiger partial charge in [0.2, 0.25) is 0 Å². The van der Waals surface area contributed by atoms with Gasteiger partial charge >= 0.3 is 0 Å². The van der Waals surface area contributed by atoms with Crippen molar-refractivity contribution in [2.24, 2.45) is 0 Å². The summed E-state index contributed by atoms with van der Waals surface area (Å²) in [6.45, 7) is 2.07. The van der Waals surface area contributed by atoms with Crippen LogP contribution >= 0.6 is 0 Å². The second kappa shape index (κ2) is 8.11. The number of nitrogens with one attached hydrogen (secondary N) is 1. The molecule has 0 heterocycles. The lowest BCUT2D eigenvalue weighted by Gasteiger charge is -2.16. The predicted molar refractivity (Wildman–Crippen MR) is 91.8 cm³/mol. The Morgan fingerprint density at radius 3 is 2.19 bits per heavy atom. The van der Waals surface area contributed by atoms with Crippen molar-refractivity contribution in [2.75, 3.05) is 18.6 Å². The number of hydrogen-bond donors (Lipinski definition) is 1. The summed E-state index contributed by atoms with van der Waals surface area (Å²) in [6.07, 6.45) is 0.968. The fourth-order valence-electron chi connectivity index (χ4n) is 2.38. The Morgan fingerprint density at radius 1 is 1.00 bits per heavy atom. The first-order valence-corrected chi connectivity index (χ1v) is 8.91. The molecule has 2 atom stereocenters. The number of rotatable bonds is 7. The molecule has 2 unspecified atom stereocenters. The molecule has 21 heavy (non-hydrogen) atoms. The largest absolute Gasteiger partial charge is 0.312 e. The zero-order chi connectivity index (χ0) is 15.1. The Kier molecular flexibility index (Phi) is 6.15. The SMILES string of the molecule is CCCS(=O)CC(NC)c1ccc(-c2ccccc2)cc1. The maximum Gasteiger partial charge on any atom is 0.0434 e. The molecule has 112 valence electrons. The lowest BCUT2D eigenvalue weighted by Crippen LogP contribution is -2.23. The smallest absolute Gasteiger partial charge is 0.0434 e. The van der Waals surface area contributed by atoms with Crippen LogP contribution in [0.3, 0.4) is 0 Å². The average Bonchev–Trinajstić information content (AvgIpc) is 2.54. The van der Waals surface area contributed by atoms with E-state index in [9.17, 15) is 4.21 Å². The molecule has 0 amide bonds. The zero-order valence-electron chi connectivity index (χ0n) is 12.7. The molecular formula is C18H23NOS. The summed E-state index contributed by atoms with van der Waals surface area (Å²) >= 11 is 0. The molecule has 0 aromatic heterocycles. The molecule has 0 spiro atoms. The van der Waals surface area contributed by atoms with Gasteiger partial charge in [0.15, 0.2) is 0 Å². The van der Waals surface area contributed by atoms with Gasteiger partial charge in [0.05, 0.1) is 0 Å². The zero-order valence-corrected chi connectivity index (χ0v) is 13.5. The Bertz CT molecular complexity index is 566. The quantitative estimate of drug-likeness (QED) is 0.843. The van der Waals surface area contributed by atoms with Crippen molar-refractivity contribution < 1.29 is 4.21 Å². The van der Waals surface area contributed by atoms with E-state index in [1.165, 1.54) is 16.7 Å². The molecule has 0 fully saturated rings. The van der Waals surface area contributed by atoms with Crippen LogP contribution in [0.1, 0.15) is 24.9 Å². The van der Waals surface area contributed by atoms with Crippen LogP contribution in [-0.4, -0.2) is 22.8 Å². The third-order valence-electron chi connectivity index (χ3n) is 3.55. The highest BCUT2D eigenvalue weighted by atomic mass is 32.2. The van der Waals surface area contributed by atoms with Gasteiger partial charge in [-0.2, -0.15) is 0 Å². The van der Waals surface area contributed by atoms with Crippen molar-refractivity contribution in [3.05, 3.63) is 60.2 Å². The lowest BCUT2D eigenvalue weighted by atomic mass is 10.0. The van der Waals surface area contributed by atoms with E-state index in [4.69, 9.17) is 0 Å². The van der Waals surface area contributed by atoms with Crippen LogP contribution in [0, 0.1) is 0 Å². The van der Waals surface area contributed by atoms with Crippen LogP contribution < -0.4 is 5.32 Å². The molecule has 0 bridgehead atoms. The van der Waals surface area contributed by atoms with Crippen molar-refractivity contribution in [3.8, 4) is 11.1 Å². The highest BCUT2D eigenvalue weighted by molar-refractivity contribution is 7.85. The second-order valence-corrected chi connectivity index (χ2v) is 6.76. The first-order chi connectivity index (χ1) is 10.2. The van der Waals surface area contributed by atoms with Gasteiger partial charge in [0.1, 0.15) is 0 Å². The Hall–Kier alpha value is -1.45. The fourth-order valence-corrected chi connectivity index (χ4v) is 3.73. The minimum Gasteiger partial charge on any atom is -0.312 e. The third-order valence-corrected chi connectivity index (χ3v) is 5.12. The Labute approximate surface area is 130 Å². The second-order valence-electron chi connectivity index (χ2n) is 5.14. The van der Waals surface area contributed by atoms with Crippen molar-refractivity contribution in [1.29, 1.82) is 0 Å². The van der Waals surface area contributed by atoms with E-state index < -0.39 is 10.8 Å². The molecule has 2 aromatic carbocycles. The Morgan fingerprint density at radius 2 is 1.62 bits per heavy atom. The third kappa shape index (κ3) is 4.51. The predicted octanol–water partition coefficient (Wildman–Crippen LogP) is 3.77. The highest BCUT2D eigenvalue weighted by Crippen LogP contribution is 2.22. The monoisotopic (exact) mass is 301 g/mol. The van der Waals surface area contributed by atoms with E-state index in [1.807, 2.05) is 25.2 Å². The van der Waals surface area contributed by atoms with Crippen molar-refractivity contribution in [2.45, 2.75) is 19.4 Å². The molecule has 2 aromatic rings.